The Kier molecular flexibility index (Phi) is 3.70. The van der Waals surface area contributed by atoms with Crippen LogP contribution in [0.4, 0.5) is 17.2 Å². The molecule has 1 aromatic heterocycles. The minimum absolute atomic E-state index is 0.0852. The van der Waals surface area contributed by atoms with Crippen LogP contribution in [0.15, 0.2) is 48.8 Å². The van der Waals surface area contributed by atoms with E-state index in [4.69, 9.17) is 0 Å². The lowest BCUT2D eigenvalue weighted by Crippen LogP contribution is -2.05. The number of hydrogen-bond donors (Lipinski definition) is 2. The van der Waals surface area contributed by atoms with Crippen LogP contribution in [-0.4, -0.2) is 15.9 Å². The van der Waals surface area contributed by atoms with Crippen molar-refractivity contribution in [2.24, 2.45) is 0 Å². The molecule has 2 aromatic carbocycles. The number of fused-ring (bicyclic) bond motifs is 1. The molecule has 0 fully saturated rings. The first-order valence-corrected chi connectivity index (χ1v) is 6.98. The molecule has 1 heterocycles. The van der Waals surface area contributed by atoms with Crippen molar-refractivity contribution in [2.75, 3.05) is 10.6 Å². The van der Waals surface area contributed by atoms with Crippen molar-refractivity contribution in [3.8, 4) is 0 Å². The van der Waals surface area contributed by atoms with Crippen molar-refractivity contribution < 1.29 is 4.79 Å². The number of nitrogens with one attached hydrogen (secondary N) is 2. The lowest BCUT2D eigenvalue weighted by atomic mass is 10.1. The third-order valence-electron chi connectivity index (χ3n) is 3.26. The van der Waals surface area contributed by atoms with Gasteiger partial charge in [-0.2, -0.15) is 0 Å². The summed E-state index contributed by atoms with van der Waals surface area (Å²) in [7, 11) is 0. The molecule has 1 amide bonds. The van der Waals surface area contributed by atoms with Gasteiger partial charge in [0.1, 0.15) is 12.1 Å². The predicted molar refractivity (Wildman–Crippen MR) is 88.3 cm³/mol. The Balaban J connectivity index is 1.89. The van der Waals surface area contributed by atoms with Crippen molar-refractivity contribution in [3.05, 3.63) is 54.4 Å². The average Bonchev–Trinajstić information content (AvgIpc) is 2.49. The monoisotopic (exact) mass is 292 g/mol. The minimum atomic E-state index is -0.0852. The fourth-order valence-electron chi connectivity index (χ4n) is 2.25. The van der Waals surface area contributed by atoms with E-state index >= 15 is 0 Å². The molecular weight excluding hydrogens is 276 g/mol. The summed E-state index contributed by atoms with van der Waals surface area (Å²) in [5, 5.41) is 7.01. The SMILES string of the molecule is CC(=O)Nc1ccc(Nc2ncnc3ccc(C)cc23)cc1. The normalized spacial score (nSPS) is 10.5. The maximum absolute atomic E-state index is 11.0. The number of hydrogen-bond acceptors (Lipinski definition) is 4. The fraction of sp³-hybridized carbons (Fsp3) is 0.118. The molecule has 0 radical (unpaired) electrons. The minimum Gasteiger partial charge on any atom is -0.340 e. The molecule has 0 aliphatic rings. The summed E-state index contributed by atoms with van der Waals surface area (Å²) in [5.41, 5.74) is 3.72. The van der Waals surface area contributed by atoms with Crippen molar-refractivity contribution >= 4 is 34.0 Å². The van der Waals surface area contributed by atoms with Crippen LogP contribution in [-0.2, 0) is 4.79 Å². The first-order chi connectivity index (χ1) is 10.6. The van der Waals surface area contributed by atoms with Crippen LogP contribution in [0, 0.1) is 6.92 Å². The molecule has 0 aliphatic carbocycles. The molecule has 0 saturated carbocycles. The molecule has 110 valence electrons. The van der Waals surface area contributed by atoms with Gasteiger partial charge in [-0.25, -0.2) is 9.97 Å². The first kappa shape index (κ1) is 14.0. The van der Waals surface area contributed by atoms with E-state index in [0.717, 1.165) is 33.7 Å². The molecule has 0 saturated heterocycles. The molecule has 0 unspecified atom stereocenters. The summed E-state index contributed by atoms with van der Waals surface area (Å²) in [6.07, 6.45) is 1.55. The third-order valence-corrected chi connectivity index (χ3v) is 3.26. The zero-order valence-electron chi connectivity index (χ0n) is 12.4. The molecule has 3 aromatic rings. The molecule has 2 N–H and O–H groups in total. The van der Waals surface area contributed by atoms with E-state index < -0.39 is 0 Å². The highest BCUT2D eigenvalue weighted by atomic mass is 16.1. The highest BCUT2D eigenvalue weighted by molar-refractivity contribution is 5.91. The number of benzene rings is 2. The largest absolute Gasteiger partial charge is 0.340 e. The van der Waals surface area contributed by atoms with E-state index in [2.05, 4.69) is 26.7 Å². The second-order valence-electron chi connectivity index (χ2n) is 5.13. The Morgan fingerprint density at radius 2 is 1.73 bits per heavy atom. The third kappa shape index (κ3) is 3.03. The summed E-state index contributed by atoms with van der Waals surface area (Å²) in [5.74, 6) is 0.680. The molecule has 0 atom stereocenters. The van der Waals surface area contributed by atoms with Crippen LogP contribution in [0.25, 0.3) is 10.9 Å². The molecule has 5 heteroatoms. The van der Waals surface area contributed by atoms with Gasteiger partial charge in [-0.05, 0) is 43.3 Å². The molecule has 0 spiro atoms. The van der Waals surface area contributed by atoms with Crippen LogP contribution in [0.3, 0.4) is 0 Å². The number of carbonyl (C=O) groups is 1. The van der Waals surface area contributed by atoms with Gasteiger partial charge in [0, 0.05) is 23.7 Å². The maximum atomic E-state index is 11.0. The van der Waals surface area contributed by atoms with E-state index in [-0.39, 0.29) is 5.91 Å². The number of amides is 1. The number of nitrogens with zero attached hydrogens (tertiary/aromatic N) is 2. The van der Waals surface area contributed by atoms with Crippen LogP contribution in [0.1, 0.15) is 12.5 Å². The second-order valence-corrected chi connectivity index (χ2v) is 5.13. The van der Waals surface area contributed by atoms with Crippen LogP contribution in [0.5, 0.6) is 0 Å². The van der Waals surface area contributed by atoms with Crippen molar-refractivity contribution in [1.82, 2.24) is 9.97 Å². The number of aryl methyl sites for hydroxylation is 1. The topological polar surface area (TPSA) is 66.9 Å². The van der Waals surface area contributed by atoms with Gasteiger partial charge in [-0.3, -0.25) is 4.79 Å². The average molecular weight is 292 g/mol. The Hall–Kier alpha value is -2.95. The lowest BCUT2D eigenvalue weighted by molar-refractivity contribution is -0.114. The van der Waals surface area contributed by atoms with Gasteiger partial charge in [0.05, 0.1) is 5.52 Å². The van der Waals surface area contributed by atoms with Gasteiger partial charge in [-0.1, -0.05) is 11.6 Å². The van der Waals surface area contributed by atoms with Crippen molar-refractivity contribution in [1.29, 1.82) is 0 Å². The number of anilines is 3. The summed E-state index contributed by atoms with van der Waals surface area (Å²) in [6.45, 7) is 3.53. The molecule has 5 nitrogen and oxygen atoms in total. The Morgan fingerprint density at radius 1 is 1.00 bits per heavy atom. The predicted octanol–water partition coefficient (Wildman–Crippen LogP) is 3.64. The fourth-order valence-corrected chi connectivity index (χ4v) is 2.25. The van der Waals surface area contributed by atoms with Crippen LogP contribution in [0.2, 0.25) is 0 Å². The first-order valence-electron chi connectivity index (χ1n) is 6.98. The van der Waals surface area contributed by atoms with Crippen molar-refractivity contribution in [2.45, 2.75) is 13.8 Å². The molecular formula is C17H16N4O. The van der Waals surface area contributed by atoms with Crippen LogP contribution < -0.4 is 10.6 Å². The Bertz CT molecular complexity index is 828. The number of carbonyl (C=O) groups excluding carboxylic acids is 1. The zero-order chi connectivity index (χ0) is 15.5. The molecule has 3 rings (SSSR count). The Labute approximate surface area is 128 Å². The van der Waals surface area contributed by atoms with Gasteiger partial charge in [-0.15, -0.1) is 0 Å². The quantitative estimate of drug-likeness (QED) is 0.773. The number of rotatable bonds is 3. The van der Waals surface area contributed by atoms with Crippen molar-refractivity contribution in [3.63, 3.8) is 0 Å². The summed E-state index contributed by atoms with van der Waals surface area (Å²) < 4.78 is 0. The summed E-state index contributed by atoms with van der Waals surface area (Å²) in [4.78, 5) is 19.6. The summed E-state index contributed by atoms with van der Waals surface area (Å²) >= 11 is 0. The smallest absolute Gasteiger partial charge is 0.221 e. The van der Waals surface area contributed by atoms with E-state index in [0.29, 0.717) is 0 Å². The zero-order valence-corrected chi connectivity index (χ0v) is 12.4. The van der Waals surface area contributed by atoms with Gasteiger partial charge in [0.2, 0.25) is 5.91 Å². The van der Waals surface area contributed by atoms with E-state index in [1.807, 2.05) is 43.3 Å². The highest BCUT2D eigenvalue weighted by Gasteiger charge is 2.04. The number of aromatic nitrogens is 2. The molecule has 22 heavy (non-hydrogen) atoms. The van der Waals surface area contributed by atoms with Gasteiger partial charge >= 0.3 is 0 Å². The summed E-state index contributed by atoms with van der Waals surface area (Å²) in [6, 6.07) is 13.6. The lowest BCUT2D eigenvalue weighted by Gasteiger charge is -2.09. The van der Waals surface area contributed by atoms with Gasteiger partial charge < -0.3 is 10.6 Å². The molecule has 0 aliphatic heterocycles. The molecule has 0 bridgehead atoms. The van der Waals surface area contributed by atoms with Gasteiger partial charge in [0.25, 0.3) is 0 Å². The van der Waals surface area contributed by atoms with Gasteiger partial charge in [0.15, 0.2) is 0 Å². The van der Waals surface area contributed by atoms with E-state index in [1.54, 1.807) is 6.33 Å². The van der Waals surface area contributed by atoms with E-state index in [9.17, 15) is 4.79 Å². The Morgan fingerprint density at radius 3 is 2.45 bits per heavy atom. The van der Waals surface area contributed by atoms with E-state index in [1.165, 1.54) is 6.92 Å². The maximum Gasteiger partial charge on any atom is 0.221 e. The highest BCUT2D eigenvalue weighted by Crippen LogP contribution is 2.24. The van der Waals surface area contributed by atoms with Crippen LogP contribution >= 0.6 is 0 Å². The standard InChI is InChI=1S/C17H16N4O/c1-11-3-8-16-15(9-11)17(19-10-18-16)21-14-6-4-13(5-7-14)20-12(2)22/h3-10H,1-2H3,(H,20,22)(H,18,19,21). The second kappa shape index (κ2) is 5.81.